The second kappa shape index (κ2) is 7.43. The third-order valence-corrected chi connectivity index (χ3v) is 4.90. The molecule has 18 heavy (non-hydrogen) atoms. The first-order chi connectivity index (χ1) is 8.45. The molecular formula is C12H27N3O2S. The fraction of sp³-hybridized carbons (Fsp3) is 1.00. The predicted octanol–water partition coefficient (Wildman–Crippen LogP) is 0.941. The van der Waals surface area contributed by atoms with Crippen molar-refractivity contribution in [3.05, 3.63) is 0 Å². The van der Waals surface area contributed by atoms with Gasteiger partial charge in [-0.25, -0.2) is 0 Å². The van der Waals surface area contributed by atoms with E-state index in [1.807, 2.05) is 20.8 Å². The van der Waals surface area contributed by atoms with Crippen molar-refractivity contribution in [1.29, 1.82) is 0 Å². The first kappa shape index (κ1) is 15.9. The molecule has 1 heterocycles. The van der Waals surface area contributed by atoms with Gasteiger partial charge in [-0.3, -0.25) is 0 Å². The molecular weight excluding hydrogens is 250 g/mol. The molecule has 1 aliphatic rings. The Hall–Kier alpha value is -0.170. The van der Waals surface area contributed by atoms with Crippen LogP contribution in [-0.2, 0) is 10.2 Å². The monoisotopic (exact) mass is 277 g/mol. The molecule has 0 aromatic heterocycles. The molecule has 6 heteroatoms. The zero-order valence-corrected chi connectivity index (χ0v) is 12.6. The number of hydrogen-bond donors (Lipinski definition) is 2. The molecule has 0 bridgehead atoms. The van der Waals surface area contributed by atoms with Crippen molar-refractivity contribution < 1.29 is 8.42 Å². The van der Waals surface area contributed by atoms with Crippen LogP contribution in [-0.4, -0.2) is 44.9 Å². The molecule has 0 unspecified atom stereocenters. The fourth-order valence-electron chi connectivity index (χ4n) is 2.28. The smallest absolute Gasteiger partial charge is 0.279 e. The maximum Gasteiger partial charge on any atom is 0.279 e. The summed E-state index contributed by atoms with van der Waals surface area (Å²) in [6, 6.07) is -0.0534. The van der Waals surface area contributed by atoms with Gasteiger partial charge in [0.15, 0.2) is 0 Å². The number of nitrogens with zero attached hydrogens (tertiary/aromatic N) is 1. The highest BCUT2D eigenvalue weighted by atomic mass is 32.2. The second-order valence-electron chi connectivity index (χ2n) is 5.33. The molecule has 0 aromatic carbocycles. The highest BCUT2D eigenvalue weighted by Gasteiger charge is 2.25. The Kier molecular flexibility index (Phi) is 6.55. The van der Waals surface area contributed by atoms with E-state index in [2.05, 4.69) is 10.0 Å². The summed E-state index contributed by atoms with van der Waals surface area (Å²) in [6.45, 7) is 8.98. The van der Waals surface area contributed by atoms with Crippen LogP contribution < -0.4 is 10.0 Å². The number of piperidine rings is 1. The quantitative estimate of drug-likeness (QED) is 0.728. The van der Waals surface area contributed by atoms with Crippen LogP contribution >= 0.6 is 0 Å². The van der Waals surface area contributed by atoms with E-state index in [1.165, 1.54) is 0 Å². The molecule has 0 spiro atoms. The average Bonchev–Trinajstić information content (AvgIpc) is 2.28. The van der Waals surface area contributed by atoms with Crippen molar-refractivity contribution in [2.45, 2.75) is 46.1 Å². The highest BCUT2D eigenvalue weighted by Crippen LogP contribution is 2.15. The summed E-state index contributed by atoms with van der Waals surface area (Å²) in [6.07, 6.45) is 2.98. The number of hydrogen-bond acceptors (Lipinski definition) is 3. The minimum absolute atomic E-state index is 0.0534. The van der Waals surface area contributed by atoms with E-state index in [4.69, 9.17) is 0 Å². The lowest BCUT2D eigenvalue weighted by Crippen LogP contribution is -2.47. The molecule has 5 nitrogen and oxygen atoms in total. The lowest BCUT2D eigenvalue weighted by Gasteiger charge is -2.30. The second-order valence-corrected chi connectivity index (χ2v) is 7.03. The Labute approximate surface area is 112 Å². The molecule has 1 saturated heterocycles. The van der Waals surface area contributed by atoms with Gasteiger partial charge < -0.3 is 5.32 Å². The maximum absolute atomic E-state index is 12.2. The Morgan fingerprint density at radius 1 is 1.33 bits per heavy atom. The summed E-state index contributed by atoms with van der Waals surface area (Å²) in [5.74, 6) is 0.488. The van der Waals surface area contributed by atoms with Gasteiger partial charge in [-0.05, 0) is 52.1 Å². The van der Waals surface area contributed by atoms with Gasteiger partial charge >= 0.3 is 0 Å². The van der Waals surface area contributed by atoms with Crippen LogP contribution in [0.5, 0.6) is 0 Å². The summed E-state index contributed by atoms with van der Waals surface area (Å²) in [7, 11) is -3.32. The zero-order valence-electron chi connectivity index (χ0n) is 11.8. The van der Waals surface area contributed by atoms with Crippen molar-refractivity contribution in [2.24, 2.45) is 5.92 Å². The molecule has 1 rings (SSSR count). The van der Waals surface area contributed by atoms with Gasteiger partial charge in [0.05, 0.1) is 0 Å². The first-order valence-corrected chi connectivity index (χ1v) is 8.37. The van der Waals surface area contributed by atoms with Crippen LogP contribution in [0.3, 0.4) is 0 Å². The molecule has 108 valence electrons. The van der Waals surface area contributed by atoms with Gasteiger partial charge in [-0.2, -0.15) is 17.4 Å². The van der Waals surface area contributed by atoms with Crippen LogP contribution in [0.2, 0.25) is 0 Å². The SMILES string of the molecule is CCCN(CC1CCNCC1)S(=O)(=O)NC(C)C. The van der Waals surface area contributed by atoms with Gasteiger partial charge in [-0.15, -0.1) is 0 Å². The molecule has 0 aliphatic carbocycles. The molecule has 1 fully saturated rings. The third-order valence-electron chi connectivity index (χ3n) is 3.12. The van der Waals surface area contributed by atoms with E-state index in [0.29, 0.717) is 19.0 Å². The van der Waals surface area contributed by atoms with Gasteiger partial charge in [-0.1, -0.05) is 6.92 Å². The van der Waals surface area contributed by atoms with Gasteiger partial charge in [0.25, 0.3) is 10.2 Å². The van der Waals surface area contributed by atoms with E-state index in [9.17, 15) is 8.42 Å². The minimum Gasteiger partial charge on any atom is -0.317 e. The predicted molar refractivity (Wildman–Crippen MR) is 74.6 cm³/mol. The van der Waals surface area contributed by atoms with E-state index >= 15 is 0 Å². The van der Waals surface area contributed by atoms with Gasteiger partial charge in [0.2, 0.25) is 0 Å². The Morgan fingerprint density at radius 2 is 1.94 bits per heavy atom. The lowest BCUT2D eigenvalue weighted by molar-refractivity contribution is 0.285. The minimum atomic E-state index is -3.32. The van der Waals surface area contributed by atoms with Crippen LogP contribution in [0.4, 0.5) is 0 Å². The van der Waals surface area contributed by atoms with Crippen molar-refractivity contribution in [1.82, 2.24) is 14.3 Å². The molecule has 0 saturated carbocycles. The summed E-state index contributed by atoms with van der Waals surface area (Å²) in [5, 5.41) is 3.31. The van der Waals surface area contributed by atoms with Crippen LogP contribution in [0.1, 0.15) is 40.0 Å². The average molecular weight is 277 g/mol. The van der Waals surface area contributed by atoms with Crippen molar-refractivity contribution >= 4 is 10.2 Å². The number of nitrogens with one attached hydrogen (secondary N) is 2. The maximum atomic E-state index is 12.2. The van der Waals surface area contributed by atoms with E-state index in [-0.39, 0.29) is 6.04 Å². The topological polar surface area (TPSA) is 61.4 Å². The van der Waals surface area contributed by atoms with Crippen LogP contribution in [0, 0.1) is 5.92 Å². The Bertz CT molecular complexity index is 324. The summed E-state index contributed by atoms with van der Waals surface area (Å²) in [5.41, 5.74) is 0. The Balaban J connectivity index is 2.62. The van der Waals surface area contributed by atoms with E-state index < -0.39 is 10.2 Å². The molecule has 2 N–H and O–H groups in total. The standard InChI is InChI=1S/C12H27N3O2S/c1-4-9-15(18(16,17)14-11(2)3)10-12-5-7-13-8-6-12/h11-14H,4-10H2,1-3H3. The van der Waals surface area contributed by atoms with Crippen LogP contribution in [0.15, 0.2) is 0 Å². The molecule has 0 amide bonds. The van der Waals surface area contributed by atoms with Crippen molar-refractivity contribution in [3.8, 4) is 0 Å². The third kappa shape index (κ3) is 5.22. The van der Waals surface area contributed by atoms with Crippen LogP contribution in [0.25, 0.3) is 0 Å². The Morgan fingerprint density at radius 3 is 2.44 bits per heavy atom. The normalized spacial score (nSPS) is 18.7. The fourth-order valence-corrected chi connectivity index (χ4v) is 3.86. The summed E-state index contributed by atoms with van der Waals surface area (Å²) < 4.78 is 28.7. The largest absolute Gasteiger partial charge is 0.317 e. The van der Waals surface area contributed by atoms with Crippen molar-refractivity contribution in [2.75, 3.05) is 26.2 Å². The molecule has 0 atom stereocenters. The van der Waals surface area contributed by atoms with Crippen molar-refractivity contribution in [3.63, 3.8) is 0 Å². The summed E-state index contributed by atoms with van der Waals surface area (Å²) >= 11 is 0. The molecule has 1 aliphatic heterocycles. The summed E-state index contributed by atoms with van der Waals surface area (Å²) in [4.78, 5) is 0. The number of rotatable bonds is 7. The van der Waals surface area contributed by atoms with E-state index in [1.54, 1.807) is 4.31 Å². The molecule has 0 aromatic rings. The first-order valence-electron chi connectivity index (χ1n) is 6.93. The highest BCUT2D eigenvalue weighted by molar-refractivity contribution is 7.87. The van der Waals surface area contributed by atoms with Gasteiger partial charge in [0, 0.05) is 19.1 Å². The van der Waals surface area contributed by atoms with Gasteiger partial charge in [0.1, 0.15) is 0 Å². The zero-order chi connectivity index (χ0) is 13.6. The lowest BCUT2D eigenvalue weighted by atomic mass is 9.98. The van der Waals surface area contributed by atoms with E-state index in [0.717, 1.165) is 32.4 Å². The molecule has 0 radical (unpaired) electrons.